The molecule has 0 atom stereocenters. The molecule has 1 aliphatic carbocycles. The Kier molecular flexibility index (Phi) is 7.00. The van der Waals surface area contributed by atoms with E-state index in [-0.39, 0.29) is 28.8 Å². The van der Waals surface area contributed by atoms with Crippen LogP contribution in [-0.4, -0.2) is 44.5 Å². The topological polar surface area (TPSA) is 85.4 Å². The van der Waals surface area contributed by atoms with E-state index in [1.165, 1.54) is 18.3 Å². The van der Waals surface area contributed by atoms with E-state index in [9.17, 15) is 39.6 Å². The summed E-state index contributed by atoms with van der Waals surface area (Å²) >= 11 is 0. The zero-order valence-corrected chi connectivity index (χ0v) is 18.5. The Morgan fingerprint density at radius 1 is 1.03 bits per heavy atom. The predicted octanol–water partition coefficient (Wildman–Crippen LogP) is 4.41. The third kappa shape index (κ3) is 5.35. The number of rotatable bonds is 8. The van der Waals surface area contributed by atoms with Crippen LogP contribution in [0.2, 0.25) is 0 Å². The van der Waals surface area contributed by atoms with E-state index in [0.717, 1.165) is 25.0 Å². The van der Waals surface area contributed by atoms with E-state index in [4.69, 9.17) is 0 Å². The molecule has 1 aromatic heterocycles. The van der Waals surface area contributed by atoms with Crippen molar-refractivity contribution in [1.82, 2.24) is 4.98 Å². The molecule has 0 saturated heterocycles. The normalized spacial score (nSPS) is 15.3. The second kappa shape index (κ2) is 9.17. The molecule has 1 amide bonds. The second-order valence-electron chi connectivity index (χ2n) is 7.91. The lowest BCUT2D eigenvalue weighted by Gasteiger charge is -2.36. The lowest BCUT2D eigenvalue weighted by Crippen LogP contribution is -2.55. The monoisotopic (exact) mass is 510 g/mol. The van der Waals surface area contributed by atoms with E-state index in [2.05, 4.69) is 15.0 Å². The van der Waals surface area contributed by atoms with Gasteiger partial charge in [0.25, 0.3) is 5.60 Å². The molecule has 13 heteroatoms. The number of amides is 1. The number of hydrogen-bond acceptors (Lipinski definition) is 5. The van der Waals surface area contributed by atoms with Gasteiger partial charge in [0.05, 0.1) is 12.2 Å². The molecule has 3 rings (SSSR count). The van der Waals surface area contributed by atoms with Crippen molar-refractivity contribution in [3.63, 3.8) is 0 Å². The molecule has 1 N–H and O–H groups in total. The number of nitrogens with one attached hydrogen (secondary N) is 1. The lowest BCUT2D eigenvalue weighted by molar-refractivity contribution is -0.383. The number of alkyl halides is 6. The van der Waals surface area contributed by atoms with Gasteiger partial charge in [0.1, 0.15) is 0 Å². The summed E-state index contributed by atoms with van der Waals surface area (Å²) in [7, 11) is -3.20. The van der Waals surface area contributed by atoms with Crippen molar-refractivity contribution < 1.29 is 44.3 Å². The van der Waals surface area contributed by atoms with Crippen LogP contribution in [0.4, 0.5) is 32.0 Å². The molecule has 6 nitrogen and oxygen atoms in total. The number of carbonyl (C=O) groups excluding carboxylic acids is 1. The number of aromatic nitrogens is 1. The summed E-state index contributed by atoms with van der Waals surface area (Å²) < 4.78 is 108. The third-order valence-corrected chi connectivity index (χ3v) is 7.10. The molecule has 0 bridgehead atoms. The number of ether oxygens (including phenoxy) is 1. The zero-order valence-electron chi connectivity index (χ0n) is 17.7. The van der Waals surface area contributed by atoms with Gasteiger partial charge in [-0.1, -0.05) is 18.2 Å². The lowest BCUT2D eigenvalue weighted by atomic mass is 9.91. The van der Waals surface area contributed by atoms with Crippen LogP contribution in [0, 0.1) is 5.92 Å². The SMILES string of the molecule is COC(c1ccc(NC(=O)Cc2ccc(S(=O)(=O)CC3CC3)nc2)cc1)(C(F)(F)F)C(F)(F)F. The predicted molar refractivity (Wildman–Crippen MR) is 109 cm³/mol. The van der Waals surface area contributed by atoms with Gasteiger partial charge in [0, 0.05) is 24.6 Å². The summed E-state index contributed by atoms with van der Waals surface area (Å²) in [4.78, 5) is 16.1. The smallest absolute Gasteiger partial charge is 0.357 e. The summed E-state index contributed by atoms with van der Waals surface area (Å²) in [6.45, 7) is 0. The Labute approximate surface area is 191 Å². The highest BCUT2D eigenvalue weighted by Gasteiger charge is 2.73. The molecule has 0 unspecified atom stereocenters. The van der Waals surface area contributed by atoms with Gasteiger partial charge in [-0.3, -0.25) is 4.79 Å². The molecule has 1 aliphatic rings. The first-order valence-electron chi connectivity index (χ1n) is 9.96. The van der Waals surface area contributed by atoms with E-state index in [1.807, 2.05) is 0 Å². The summed E-state index contributed by atoms with van der Waals surface area (Å²) in [5, 5.41) is 2.25. The van der Waals surface area contributed by atoms with Crippen molar-refractivity contribution in [1.29, 1.82) is 0 Å². The molecule has 2 aromatic rings. The van der Waals surface area contributed by atoms with Crippen LogP contribution in [0.3, 0.4) is 0 Å². The number of carbonyl (C=O) groups is 1. The minimum atomic E-state index is -5.78. The number of hydrogen-bond donors (Lipinski definition) is 1. The Morgan fingerprint density at radius 2 is 1.62 bits per heavy atom. The largest absolute Gasteiger partial charge is 0.430 e. The third-order valence-electron chi connectivity index (χ3n) is 5.31. The van der Waals surface area contributed by atoms with Gasteiger partial charge in [0.15, 0.2) is 14.9 Å². The minimum Gasteiger partial charge on any atom is -0.357 e. The Morgan fingerprint density at radius 3 is 2.06 bits per heavy atom. The maximum atomic E-state index is 13.3. The molecule has 0 aliphatic heterocycles. The fraction of sp³-hybridized carbons (Fsp3) is 0.429. The highest BCUT2D eigenvalue weighted by molar-refractivity contribution is 7.91. The van der Waals surface area contributed by atoms with Gasteiger partial charge in [-0.15, -0.1) is 0 Å². The van der Waals surface area contributed by atoms with Crippen LogP contribution in [0.5, 0.6) is 0 Å². The standard InChI is InChI=1S/C21H20F6N2O4S/c1-33-19(20(22,23)24,21(25,26)27)15-5-7-16(8-6-15)29-17(30)10-14-4-9-18(28-11-14)34(31,32)12-13-2-3-13/h4-9,11,13H,2-3,10,12H2,1H3,(H,29,30). The molecule has 1 heterocycles. The van der Waals surface area contributed by atoms with Gasteiger partial charge in [-0.05, 0) is 42.5 Å². The fourth-order valence-corrected chi connectivity index (χ4v) is 5.01. The van der Waals surface area contributed by atoms with E-state index in [0.29, 0.717) is 24.8 Å². The number of halogens is 6. The molecule has 1 saturated carbocycles. The van der Waals surface area contributed by atoms with Crippen LogP contribution in [0.25, 0.3) is 0 Å². The average Bonchev–Trinajstić information content (AvgIpc) is 3.51. The van der Waals surface area contributed by atoms with Crippen LogP contribution in [-0.2, 0) is 31.4 Å². The highest BCUT2D eigenvalue weighted by atomic mass is 32.2. The van der Waals surface area contributed by atoms with Crippen molar-refractivity contribution >= 4 is 21.4 Å². The maximum Gasteiger partial charge on any atom is 0.430 e. The first-order valence-corrected chi connectivity index (χ1v) is 11.6. The van der Waals surface area contributed by atoms with Crippen molar-refractivity contribution in [3.8, 4) is 0 Å². The molecular formula is C21H20F6N2O4S. The Balaban J connectivity index is 1.69. The van der Waals surface area contributed by atoms with Crippen LogP contribution in [0.1, 0.15) is 24.0 Å². The van der Waals surface area contributed by atoms with Gasteiger partial charge in [-0.25, -0.2) is 13.4 Å². The number of anilines is 1. The molecular weight excluding hydrogens is 490 g/mol. The molecule has 1 fully saturated rings. The number of sulfone groups is 1. The van der Waals surface area contributed by atoms with Crippen LogP contribution >= 0.6 is 0 Å². The van der Waals surface area contributed by atoms with Gasteiger partial charge in [0.2, 0.25) is 5.91 Å². The fourth-order valence-electron chi connectivity index (χ4n) is 3.40. The van der Waals surface area contributed by atoms with Crippen LogP contribution in [0.15, 0.2) is 47.6 Å². The van der Waals surface area contributed by atoms with E-state index >= 15 is 0 Å². The number of pyridine rings is 1. The number of nitrogens with zero attached hydrogens (tertiary/aromatic N) is 1. The zero-order chi connectivity index (χ0) is 25.4. The van der Waals surface area contributed by atoms with Crippen LogP contribution < -0.4 is 5.32 Å². The minimum absolute atomic E-state index is 0.0167. The van der Waals surface area contributed by atoms with Crippen molar-refractivity contribution in [3.05, 3.63) is 53.7 Å². The first-order chi connectivity index (χ1) is 15.7. The summed E-state index contributed by atoms with van der Waals surface area (Å²) in [6, 6.07) is 5.62. The Bertz CT molecular complexity index is 1110. The highest BCUT2D eigenvalue weighted by Crippen LogP contribution is 2.52. The summed E-state index contributed by atoms with van der Waals surface area (Å²) in [5.74, 6) is -0.471. The van der Waals surface area contributed by atoms with Gasteiger partial charge in [-0.2, -0.15) is 26.3 Å². The van der Waals surface area contributed by atoms with Gasteiger partial charge >= 0.3 is 12.4 Å². The molecule has 1 aromatic carbocycles. The van der Waals surface area contributed by atoms with E-state index in [1.54, 1.807) is 0 Å². The molecule has 0 radical (unpaired) electrons. The summed E-state index contributed by atoms with van der Waals surface area (Å²) in [6.07, 6.45) is -8.87. The van der Waals surface area contributed by atoms with E-state index < -0.39 is 39.3 Å². The molecule has 0 spiro atoms. The number of benzene rings is 1. The Hall–Kier alpha value is -2.67. The quantitative estimate of drug-likeness (QED) is 0.532. The van der Waals surface area contributed by atoms with Crippen molar-refractivity contribution in [2.24, 2.45) is 5.92 Å². The van der Waals surface area contributed by atoms with Crippen molar-refractivity contribution in [2.45, 2.75) is 42.2 Å². The van der Waals surface area contributed by atoms with Gasteiger partial charge < -0.3 is 10.1 Å². The average molecular weight is 510 g/mol. The molecule has 34 heavy (non-hydrogen) atoms. The molecule has 186 valence electrons. The summed E-state index contributed by atoms with van der Waals surface area (Å²) in [5.41, 5.74) is -5.39. The number of methoxy groups -OCH3 is 1. The maximum absolute atomic E-state index is 13.3. The second-order valence-corrected chi connectivity index (χ2v) is 9.89. The van der Waals surface area contributed by atoms with Crippen molar-refractivity contribution in [2.75, 3.05) is 18.2 Å². The first kappa shape index (κ1) is 25.9.